The van der Waals surface area contributed by atoms with Crippen LogP contribution in [0.3, 0.4) is 0 Å². The average Bonchev–Trinajstić information content (AvgIpc) is 2.29. The molecular formula is C16H28N2O. The Hall–Kier alpha value is -1.09. The van der Waals surface area contributed by atoms with Crippen molar-refractivity contribution in [2.45, 2.75) is 53.7 Å². The van der Waals surface area contributed by atoms with Crippen LogP contribution in [0.1, 0.15) is 46.6 Å². The van der Waals surface area contributed by atoms with Crippen LogP contribution in [0.4, 0.5) is 0 Å². The number of pyridine rings is 1. The largest absolute Gasteiger partial charge is 0.489 e. The van der Waals surface area contributed by atoms with Gasteiger partial charge in [-0.15, -0.1) is 0 Å². The fourth-order valence-electron chi connectivity index (χ4n) is 2.09. The van der Waals surface area contributed by atoms with Crippen molar-refractivity contribution < 1.29 is 4.74 Å². The molecule has 0 spiro atoms. The van der Waals surface area contributed by atoms with Gasteiger partial charge in [-0.25, -0.2) is 0 Å². The normalized spacial score (nSPS) is 13.0. The molecule has 0 radical (unpaired) electrons. The Morgan fingerprint density at radius 2 is 1.89 bits per heavy atom. The van der Waals surface area contributed by atoms with E-state index < -0.39 is 0 Å². The maximum absolute atomic E-state index is 6.01. The van der Waals surface area contributed by atoms with Gasteiger partial charge in [0.2, 0.25) is 0 Å². The molecule has 3 nitrogen and oxygen atoms in total. The highest BCUT2D eigenvalue weighted by Gasteiger charge is 2.10. The Balaban J connectivity index is 2.57. The van der Waals surface area contributed by atoms with Crippen molar-refractivity contribution in [2.75, 3.05) is 6.54 Å². The lowest BCUT2D eigenvalue weighted by Crippen LogP contribution is -2.21. The molecule has 0 bridgehead atoms. The van der Waals surface area contributed by atoms with Crippen LogP contribution in [0, 0.1) is 11.8 Å². The minimum absolute atomic E-state index is 0.230. The van der Waals surface area contributed by atoms with Crippen LogP contribution < -0.4 is 10.1 Å². The highest BCUT2D eigenvalue weighted by atomic mass is 16.5. The standard InChI is InChI=1S/C16H28N2O/c1-12(2)8-14(5)19-16-11-17-7-6-15(16)10-18-9-13(3)4/h6-7,11-14,18H,8-10H2,1-5H3. The summed E-state index contributed by atoms with van der Waals surface area (Å²) in [4.78, 5) is 4.17. The van der Waals surface area contributed by atoms with Crippen LogP contribution in [0.5, 0.6) is 5.75 Å². The van der Waals surface area contributed by atoms with E-state index in [9.17, 15) is 0 Å². The van der Waals surface area contributed by atoms with E-state index in [2.05, 4.69) is 44.9 Å². The zero-order valence-electron chi connectivity index (χ0n) is 12.9. The number of rotatable bonds is 8. The number of ether oxygens (including phenoxy) is 1. The Bertz CT molecular complexity index is 364. The molecule has 3 heteroatoms. The fourth-order valence-corrected chi connectivity index (χ4v) is 2.09. The van der Waals surface area contributed by atoms with E-state index in [1.54, 1.807) is 0 Å². The topological polar surface area (TPSA) is 34.2 Å². The Labute approximate surface area is 117 Å². The average molecular weight is 264 g/mol. The molecule has 0 aliphatic heterocycles. The number of aromatic nitrogens is 1. The van der Waals surface area contributed by atoms with E-state index in [1.807, 2.05) is 18.5 Å². The molecule has 0 saturated heterocycles. The monoisotopic (exact) mass is 264 g/mol. The van der Waals surface area contributed by atoms with Gasteiger partial charge in [0.25, 0.3) is 0 Å². The van der Waals surface area contributed by atoms with E-state index in [-0.39, 0.29) is 6.10 Å². The minimum atomic E-state index is 0.230. The number of nitrogens with one attached hydrogen (secondary N) is 1. The first kappa shape index (κ1) is 16.0. The fraction of sp³-hybridized carbons (Fsp3) is 0.688. The molecule has 0 amide bonds. The highest BCUT2D eigenvalue weighted by molar-refractivity contribution is 5.29. The lowest BCUT2D eigenvalue weighted by atomic mass is 10.1. The van der Waals surface area contributed by atoms with Gasteiger partial charge in [-0.1, -0.05) is 27.7 Å². The summed E-state index contributed by atoms with van der Waals surface area (Å²) in [5, 5.41) is 3.45. The summed E-state index contributed by atoms with van der Waals surface area (Å²) in [7, 11) is 0. The molecule has 0 aromatic carbocycles. The van der Waals surface area contributed by atoms with Gasteiger partial charge in [0.1, 0.15) is 5.75 Å². The van der Waals surface area contributed by atoms with Crippen molar-refractivity contribution in [1.82, 2.24) is 10.3 Å². The van der Waals surface area contributed by atoms with Crippen LogP contribution in [0.15, 0.2) is 18.5 Å². The molecule has 0 aliphatic rings. The van der Waals surface area contributed by atoms with Gasteiger partial charge in [-0.05, 0) is 37.8 Å². The third-order valence-corrected chi connectivity index (χ3v) is 2.87. The highest BCUT2D eigenvalue weighted by Crippen LogP contribution is 2.20. The molecule has 19 heavy (non-hydrogen) atoms. The van der Waals surface area contributed by atoms with E-state index >= 15 is 0 Å². The minimum Gasteiger partial charge on any atom is -0.489 e. The second kappa shape index (κ2) is 8.16. The van der Waals surface area contributed by atoms with Gasteiger partial charge in [-0.3, -0.25) is 4.98 Å². The van der Waals surface area contributed by atoms with E-state index in [0.717, 1.165) is 25.3 Å². The van der Waals surface area contributed by atoms with Crippen LogP contribution >= 0.6 is 0 Å². The third kappa shape index (κ3) is 6.58. The molecule has 1 rings (SSSR count). The number of hydrogen-bond donors (Lipinski definition) is 1. The molecule has 0 saturated carbocycles. The predicted octanol–water partition coefficient (Wildman–Crippen LogP) is 3.64. The molecule has 1 aromatic rings. The zero-order chi connectivity index (χ0) is 14.3. The summed E-state index contributed by atoms with van der Waals surface area (Å²) < 4.78 is 6.01. The molecule has 1 heterocycles. The maximum atomic E-state index is 6.01. The van der Waals surface area contributed by atoms with Crippen molar-refractivity contribution in [2.24, 2.45) is 11.8 Å². The SMILES string of the molecule is CC(C)CNCc1ccncc1OC(C)CC(C)C. The van der Waals surface area contributed by atoms with E-state index in [0.29, 0.717) is 11.8 Å². The maximum Gasteiger partial charge on any atom is 0.142 e. The first-order chi connectivity index (χ1) is 8.99. The Morgan fingerprint density at radius 3 is 2.53 bits per heavy atom. The van der Waals surface area contributed by atoms with Crippen molar-refractivity contribution in [1.29, 1.82) is 0 Å². The third-order valence-electron chi connectivity index (χ3n) is 2.87. The smallest absolute Gasteiger partial charge is 0.142 e. The summed E-state index contributed by atoms with van der Waals surface area (Å²) in [6, 6.07) is 2.03. The van der Waals surface area contributed by atoms with Gasteiger partial charge in [-0.2, -0.15) is 0 Å². The van der Waals surface area contributed by atoms with Crippen LogP contribution in [-0.2, 0) is 6.54 Å². The Morgan fingerprint density at radius 1 is 1.16 bits per heavy atom. The van der Waals surface area contributed by atoms with Gasteiger partial charge in [0.15, 0.2) is 0 Å². The molecule has 1 atom stereocenters. The zero-order valence-corrected chi connectivity index (χ0v) is 12.9. The van der Waals surface area contributed by atoms with Gasteiger partial charge in [0.05, 0.1) is 12.3 Å². The number of nitrogens with zero attached hydrogens (tertiary/aromatic N) is 1. The Kier molecular flexibility index (Phi) is 6.85. The molecule has 108 valence electrons. The van der Waals surface area contributed by atoms with E-state index in [4.69, 9.17) is 4.74 Å². The summed E-state index contributed by atoms with van der Waals surface area (Å²) in [5.41, 5.74) is 1.19. The molecule has 1 N–H and O–H groups in total. The molecular weight excluding hydrogens is 236 g/mol. The van der Waals surface area contributed by atoms with Crippen molar-refractivity contribution in [3.8, 4) is 5.75 Å². The molecule has 0 fully saturated rings. The quantitative estimate of drug-likeness (QED) is 0.778. The summed E-state index contributed by atoms with van der Waals surface area (Å²) in [6.07, 6.45) is 4.94. The second-order valence-electron chi connectivity index (χ2n) is 6.07. The number of hydrogen-bond acceptors (Lipinski definition) is 3. The molecule has 1 unspecified atom stereocenters. The second-order valence-corrected chi connectivity index (χ2v) is 6.07. The van der Waals surface area contributed by atoms with Gasteiger partial charge >= 0.3 is 0 Å². The molecule has 0 aliphatic carbocycles. The lowest BCUT2D eigenvalue weighted by Gasteiger charge is -2.19. The predicted molar refractivity (Wildman–Crippen MR) is 80.3 cm³/mol. The summed E-state index contributed by atoms with van der Waals surface area (Å²) >= 11 is 0. The van der Waals surface area contributed by atoms with Crippen molar-refractivity contribution in [3.63, 3.8) is 0 Å². The van der Waals surface area contributed by atoms with Crippen LogP contribution in [0.25, 0.3) is 0 Å². The lowest BCUT2D eigenvalue weighted by molar-refractivity contribution is 0.190. The van der Waals surface area contributed by atoms with E-state index in [1.165, 1.54) is 5.56 Å². The van der Waals surface area contributed by atoms with Gasteiger partial charge in [0, 0.05) is 18.3 Å². The van der Waals surface area contributed by atoms with Crippen LogP contribution in [0.2, 0.25) is 0 Å². The summed E-state index contributed by atoms with van der Waals surface area (Å²) in [6.45, 7) is 12.8. The van der Waals surface area contributed by atoms with Crippen molar-refractivity contribution >= 4 is 0 Å². The summed E-state index contributed by atoms with van der Waals surface area (Å²) in [5.74, 6) is 2.21. The first-order valence-corrected chi connectivity index (χ1v) is 7.29. The van der Waals surface area contributed by atoms with Crippen LogP contribution in [-0.4, -0.2) is 17.6 Å². The molecule has 1 aromatic heterocycles. The van der Waals surface area contributed by atoms with Gasteiger partial charge < -0.3 is 10.1 Å². The first-order valence-electron chi connectivity index (χ1n) is 7.29. The van der Waals surface area contributed by atoms with Crippen molar-refractivity contribution in [3.05, 3.63) is 24.0 Å².